The van der Waals surface area contributed by atoms with Gasteiger partial charge in [0.2, 0.25) is 11.8 Å². The molecule has 0 aliphatic carbocycles. The van der Waals surface area contributed by atoms with Crippen molar-refractivity contribution in [3.8, 4) is 11.5 Å². The number of allylic oxidation sites excluding steroid dienone is 1. The molecule has 0 unspecified atom stereocenters. The highest BCUT2D eigenvalue weighted by Gasteiger charge is 2.13. The molecule has 0 fully saturated rings. The second-order valence-electron chi connectivity index (χ2n) is 10.2. The highest BCUT2D eigenvalue weighted by molar-refractivity contribution is 5.96. The second kappa shape index (κ2) is 11.7. The molecule has 0 aliphatic heterocycles. The Bertz CT molecular complexity index is 1350. The van der Waals surface area contributed by atoms with Gasteiger partial charge in [-0.2, -0.15) is 0 Å². The number of benzene rings is 2. The number of rotatable bonds is 8. The summed E-state index contributed by atoms with van der Waals surface area (Å²) in [7, 11) is 0. The standard InChI is InChI=1S/C29H35N5O3/c1-18(2)28(36)34-21-8-9-24-23(15-21)26(11-12-31-24)37-25-10-7-20(13-19(25)3)14-27(35)33-22(16-30)17-32-29(4,5)6/h7-13,15-18H,14,30H2,1-6H3,(H,33,35)(H,34,36)/b22-16+,32-17?. The van der Waals surface area contributed by atoms with E-state index in [2.05, 4.69) is 20.6 Å². The predicted molar refractivity (Wildman–Crippen MR) is 149 cm³/mol. The number of hydrogen-bond acceptors (Lipinski definition) is 6. The molecule has 4 N–H and O–H groups in total. The largest absolute Gasteiger partial charge is 0.456 e. The van der Waals surface area contributed by atoms with Crippen molar-refractivity contribution in [3.05, 3.63) is 71.7 Å². The minimum Gasteiger partial charge on any atom is -0.456 e. The van der Waals surface area contributed by atoms with E-state index in [1.165, 1.54) is 6.20 Å². The molecule has 8 heteroatoms. The lowest BCUT2D eigenvalue weighted by atomic mass is 10.1. The molecule has 3 rings (SSSR count). The van der Waals surface area contributed by atoms with Gasteiger partial charge in [0.05, 0.1) is 23.2 Å². The average Bonchev–Trinajstić information content (AvgIpc) is 2.83. The van der Waals surface area contributed by atoms with Crippen LogP contribution in [0.25, 0.3) is 10.9 Å². The van der Waals surface area contributed by atoms with Crippen molar-refractivity contribution in [2.75, 3.05) is 5.32 Å². The Morgan fingerprint density at radius 2 is 1.86 bits per heavy atom. The van der Waals surface area contributed by atoms with E-state index in [0.29, 0.717) is 22.9 Å². The number of pyridine rings is 1. The lowest BCUT2D eigenvalue weighted by Crippen LogP contribution is -2.26. The van der Waals surface area contributed by atoms with E-state index in [4.69, 9.17) is 10.5 Å². The summed E-state index contributed by atoms with van der Waals surface area (Å²) in [6.45, 7) is 11.5. The van der Waals surface area contributed by atoms with Crippen molar-refractivity contribution in [2.45, 2.75) is 53.5 Å². The number of nitrogens with zero attached hydrogens (tertiary/aromatic N) is 2. The molecule has 0 radical (unpaired) electrons. The molecule has 3 aromatic rings. The average molecular weight is 502 g/mol. The molecule has 2 amide bonds. The van der Waals surface area contributed by atoms with Crippen molar-refractivity contribution in [1.82, 2.24) is 10.3 Å². The van der Waals surface area contributed by atoms with E-state index in [-0.39, 0.29) is 29.7 Å². The molecule has 0 saturated carbocycles. The number of aromatic nitrogens is 1. The van der Waals surface area contributed by atoms with Crippen molar-refractivity contribution in [3.63, 3.8) is 0 Å². The Hall–Kier alpha value is -4.20. The molecule has 0 spiro atoms. The van der Waals surface area contributed by atoms with E-state index in [1.807, 2.05) is 77.9 Å². The zero-order chi connectivity index (χ0) is 27.2. The Morgan fingerprint density at radius 3 is 2.51 bits per heavy atom. The number of fused-ring (bicyclic) bond motifs is 1. The summed E-state index contributed by atoms with van der Waals surface area (Å²) in [5.74, 6) is 0.902. The van der Waals surface area contributed by atoms with Crippen LogP contribution in [0.1, 0.15) is 45.7 Å². The zero-order valence-electron chi connectivity index (χ0n) is 22.3. The van der Waals surface area contributed by atoms with Gasteiger partial charge in [0.15, 0.2) is 0 Å². The van der Waals surface area contributed by atoms with Gasteiger partial charge in [-0.05, 0) is 69.2 Å². The topological polar surface area (TPSA) is 119 Å². The van der Waals surface area contributed by atoms with Gasteiger partial charge in [-0.1, -0.05) is 26.0 Å². The number of aliphatic imine (C=N–C) groups is 1. The number of ether oxygens (including phenoxy) is 1. The first kappa shape index (κ1) is 27.4. The number of nitrogens with one attached hydrogen (secondary N) is 2. The number of aryl methyl sites for hydroxylation is 1. The van der Waals surface area contributed by atoms with Gasteiger partial charge >= 0.3 is 0 Å². The molecule has 1 heterocycles. The fraction of sp³-hybridized carbons (Fsp3) is 0.310. The summed E-state index contributed by atoms with van der Waals surface area (Å²) in [6.07, 6.45) is 4.76. The first-order valence-electron chi connectivity index (χ1n) is 12.2. The summed E-state index contributed by atoms with van der Waals surface area (Å²) in [5.41, 5.74) is 8.97. The van der Waals surface area contributed by atoms with Crippen LogP contribution in [-0.2, 0) is 16.0 Å². The summed E-state index contributed by atoms with van der Waals surface area (Å²) in [4.78, 5) is 33.5. The molecule has 0 atom stereocenters. The number of nitrogens with two attached hydrogens (primary N) is 1. The van der Waals surface area contributed by atoms with Crippen LogP contribution in [0.5, 0.6) is 11.5 Å². The normalized spacial score (nSPS) is 12.2. The molecule has 0 bridgehead atoms. The van der Waals surface area contributed by atoms with Gasteiger partial charge in [-0.25, -0.2) is 0 Å². The van der Waals surface area contributed by atoms with Gasteiger partial charge in [0, 0.05) is 35.6 Å². The van der Waals surface area contributed by atoms with Crippen LogP contribution in [0.4, 0.5) is 5.69 Å². The third kappa shape index (κ3) is 7.90. The summed E-state index contributed by atoms with van der Waals surface area (Å²) in [6, 6.07) is 12.9. The van der Waals surface area contributed by atoms with Crippen LogP contribution >= 0.6 is 0 Å². The predicted octanol–water partition coefficient (Wildman–Crippen LogP) is 5.26. The van der Waals surface area contributed by atoms with Crippen molar-refractivity contribution >= 4 is 34.6 Å². The first-order chi connectivity index (χ1) is 17.4. The molecule has 8 nitrogen and oxygen atoms in total. The van der Waals surface area contributed by atoms with Gasteiger partial charge < -0.3 is 21.1 Å². The molecule has 1 aromatic heterocycles. The quantitative estimate of drug-likeness (QED) is 0.364. The number of hydrogen-bond donors (Lipinski definition) is 3. The van der Waals surface area contributed by atoms with E-state index in [0.717, 1.165) is 22.0 Å². The fourth-order valence-electron chi connectivity index (χ4n) is 3.40. The lowest BCUT2D eigenvalue weighted by Gasteiger charge is -2.14. The molecule has 0 aliphatic rings. The molecule has 194 valence electrons. The maximum absolute atomic E-state index is 12.6. The van der Waals surface area contributed by atoms with Crippen molar-refractivity contribution < 1.29 is 14.3 Å². The third-order valence-corrected chi connectivity index (χ3v) is 5.37. The number of anilines is 1. The first-order valence-corrected chi connectivity index (χ1v) is 12.2. The zero-order valence-corrected chi connectivity index (χ0v) is 22.3. The minimum atomic E-state index is -0.268. The Kier molecular flexibility index (Phi) is 8.65. The van der Waals surface area contributed by atoms with Crippen molar-refractivity contribution in [2.24, 2.45) is 16.6 Å². The summed E-state index contributed by atoms with van der Waals surface area (Å²) in [5, 5.41) is 6.48. The summed E-state index contributed by atoms with van der Waals surface area (Å²) >= 11 is 0. The van der Waals surface area contributed by atoms with E-state index >= 15 is 0 Å². The number of carbonyl (C=O) groups is 2. The maximum Gasteiger partial charge on any atom is 0.228 e. The highest BCUT2D eigenvalue weighted by Crippen LogP contribution is 2.32. The lowest BCUT2D eigenvalue weighted by molar-refractivity contribution is -0.120. The van der Waals surface area contributed by atoms with Gasteiger partial charge in [0.1, 0.15) is 11.5 Å². The van der Waals surface area contributed by atoms with Crippen LogP contribution in [0.2, 0.25) is 0 Å². The molecule has 2 aromatic carbocycles. The van der Waals surface area contributed by atoms with Crippen LogP contribution < -0.4 is 21.1 Å². The van der Waals surface area contributed by atoms with Gasteiger partial charge in [-0.3, -0.25) is 19.6 Å². The van der Waals surface area contributed by atoms with Crippen molar-refractivity contribution in [1.29, 1.82) is 0 Å². The Labute approximate surface area is 218 Å². The molecular weight excluding hydrogens is 466 g/mol. The van der Waals surface area contributed by atoms with Crippen LogP contribution in [0.3, 0.4) is 0 Å². The molecule has 0 saturated heterocycles. The Morgan fingerprint density at radius 1 is 1.11 bits per heavy atom. The van der Waals surface area contributed by atoms with Crippen LogP contribution in [0, 0.1) is 12.8 Å². The fourth-order valence-corrected chi connectivity index (χ4v) is 3.40. The summed E-state index contributed by atoms with van der Waals surface area (Å²) < 4.78 is 6.24. The van der Waals surface area contributed by atoms with E-state index in [9.17, 15) is 9.59 Å². The third-order valence-electron chi connectivity index (χ3n) is 5.37. The van der Waals surface area contributed by atoms with Crippen LogP contribution in [-0.4, -0.2) is 28.6 Å². The van der Waals surface area contributed by atoms with Gasteiger partial charge in [0.25, 0.3) is 0 Å². The second-order valence-corrected chi connectivity index (χ2v) is 10.2. The minimum absolute atomic E-state index is 0.0586. The van der Waals surface area contributed by atoms with E-state index < -0.39 is 0 Å². The highest BCUT2D eigenvalue weighted by atomic mass is 16.5. The van der Waals surface area contributed by atoms with Crippen LogP contribution in [0.15, 0.2) is 65.6 Å². The molecule has 37 heavy (non-hydrogen) atoms. The van der Waals surface area contributed by atoms with E-state index in [1.54, 1.807) is 18.5 Å². The molecular formula is C29H35N5O3. The maximum atomic E-state index is 12.6. The monoisotopic (exact) mass is 501 g/mol. The Balaban J connectivity index is 1.74. The number of carbonyl (C=O) groups excluding carboxylic acids is 2. The van der Waals surface area contributed by atoms with Gasteiger partial charge in [-0.15, -0.1) is 0 Å². The smallest absolute Gasteiger partial charge is 0.228 e. The SMILES string of the molecule is Cc1cc(CC(=O)N/C(C=NC(C)(C)C)=C/N)ccc1Oc1ccnc2ccc(NC(=O)C(C)C)cc12. The number of amides is 2.